The first-order chi connectivity index (χ1) is 7.84. The van der Waals surface area contributed by atoms with Gasteiger partial charge in [-0.2, -0.15) is 0 Å². The van der Waals surface area contributed by atoms with Gasteiger partial charge >= 0.3 is 11.9 Å². The Morgan fingerprint density at radius 1 is 1.37 bits per heavy atom. The zero-order chi connectivity index (χ0) is 13.4. The van der Waals surface area contributed by atoms with Crippen LogP contribution in [0.5, 0.6) is 0 Å². The van der Waals surface area contributed by atoms with Crippen LogP contribution < -0.4 is 5.73 Å². The number of aliphatic hydroxyl groups is 1. The maximum absolute atomic E-state index is 10.3. The molecule has 2 atom stereocenters. The van der Waals surface area contributed by atoms with Gasteiger partial charge in [-0.25, -0.2) is 9.78 Å². The molecular weight excluding hydrogens is 340 g/mol. The van der Waals surface area contributed by atoms with Gasteiger partial charge in [0, 0.05) is 52.4 Å². The third-order valence-corrected chi connectivity index (χ3v) is 1.67. The van der Waals surface area contributed by atoms with Crippen LogP contribution in [0.4, 0.5) is 0 Å². The maximum Gasteiger partial charge on any atom is 0.332 e. The van der Waals surface area contributed by atoms with Gasteiger partial charge in [0.05, 0.1) is 6.33 Å². The minimum absolute atomic E-state index is 0. The Labute approximate surface area is 130 Å². The number of aromatic amines is 1. The number of rotatable bonds is 4. The van der Waals surface area contributed by atoms with Gasteiger partial charge in [0.25, 0.3) is 0 Å². The van der Waals surface area contributed by atoms with Gasteiger partial charge in [0.2, 0.25) is 0 Å². The van der Waals surface area contributed by atoms with E-state index in [0.717, 1.165) is 5.69 Å². The molecule has 0 saturated carbocycles. The zero-order valence-electron chi connectivity index (χ0n) is 9.96. The summed E-state index contributed by atoms with van der Waals surface area (Å²) in [6, 6.07) is -0.851. The number of H-pyrrole nitrogens is 1. The Bertz CT molecular complexity index is 359. The van der Waals surface area contributed by atoms with Gasteiger partial charge in [-0.05, 0) is 6.92 Å². The summed E-state index contributed by atoms with van der Waals surface area (Å²) >= 11 is 0. The summed E-state index contributed by atoms with van der Waals surface area (Å²) in [5, 5.41) is 24.2. The van der Waals surface area contributed by atoms with Crippen LogP contribution in [0.25, 0.3) is 0 Å². The van der Waals surface area contributed by atoms with Gasteiger partial charge in [0.15, 0.2) is 0 Å². The average molecular weight is 355 g/mol. The fraction of sp³-hybridized carbons (Fsp3) is 0.444. The van der Waals surface area contributed by atoms with Gasteiger partial charge < -0.3 is 26.0 Å². The Morgan fingerprint density at radius 2 is 1.84 bits per heavy atom. The first kappa shape index (κ1) is 23.2. The van der Waals surface area contributed by atoms with Crippen molar-refractivity contribution in [2.45, 2.75) is 25.5 Å². The summed E-state index contributed by atoms with van der Waals surface area (Å²) in [6.07, 6.45) is 2.10. The Morgan fingerprint density at radius 3 is 2.11 bits per heavy atom. The molecule has 0 saturated heterocycles. The summed E-state index contributed by atoms with van der Waals surface area (Å²) in [4.78, 5) is 26.2. The molecule has 2 unspecified atom stereocenters. The minimum atomic E-state index is -1.23. The number of imidazole rings is 1. The van der Waals surface area contributed by atoms with Crippen molar-refractivity contribution in [3.63, 3.8) is 0 Å². The molecule has 110 valence electrons. The summed E-state index contributed by atoms with van der Waals surface area (Å²) in [7, 11) is 0. The van der Waals surface area contributed by atoms with Crippen molar-refractivity contribution in [3.8, 4) is 0 Å². The largest absolute Gasteiger partial charge is 0.480 e. The maximum atomic E-state index is 10.3. The molecule has 0 aliphatic rings. The van der Waals surface area contributed by atoms with Crippen molar-refractivity contribution in [1.82, 2.24) is 9.97 Å². The number of nitrogens with one attached hydrogen (secondary N) is 1. The van der Waals surface area contributed by atoms with E-state index in [2.05, 4.69) is 9.97 Å². The summed E-state index contributed by atoms with van der Waals surface area (Å²) in [5.74, 6) is -2.19. The standard InChI is InChI=1S/C6H9N3O2.C3H6O3.2Mn/c7-5(6(10)11)1-4-2-8-3-9-4;1-2(4)3(5)6;;/h2-3,5H,1,7H2,(H,8,9)(H,10,11);2,4H,1H3,(H,5,6);;. The zero-order valence-corrected chi connectivity index (χ0v) is 12.3. The number of hydrogen-bond acceptors (Lipinski definition) is 5. The van der Waals surface area contributed by atoms with E-state index in [1.165, 1.54) is 13.3 Å². The quantitative estimate of drug-likeness (QED) is 0.426. The van der Waals surface area contributed by atoms with Crippen LogP contribution in [0, 0.1) is 0 Å². The van der Waals surface area contributed by atoms with Gasteiger partial charge in [-0.15, -0.1) is 0 Å². The van der Waals surface area contributed by atoms with Crippen LogP contribution in [0.2, 0.25) is 0 Å². The number of carbonyl (C=O) groups is 2. The van der Waals surface area contributed by atoms with E-state index in [1.807, 2.05) is 0 Å². The van der Waals surface area contributed by atoms with Crippen LogP contribution >= 0.6 is 0 Å². The number of nitrogens with zero attached hydrogens (tertiary/aromatic N) is 1. The first-order valence-electron chi connectivity index (χ1n) is 4.71. The van der Waals surface area contributed by atoms with Crippen molar-refractivity contribution in [3.05, 3.63) is 18.2 Å². The van der Waals surface area contributed by atoms with Crippen molar-refractivity contribution in [2.75, 3.05) is 0 Å². The summed E-state index contributed by atoms with van der Waals surface area (Å²) in [6.45, 7) is 1.20. The first-order valence-corrected chi connectivity index (χ1v) is 4.71. The molecule has 0 amide bonds. The van der Waals surface area contributed by atoms with E-state index < -0.39 is 24.1 Å². The Kier molecular flexibility index (Phi) is 14.9. The molecule has 0 aliphatic heterocycles. The fourth-order valence-corrected chi connectivity index (χ4v) is 0.721. The van der Waals surface area contributed by atoms with E-state index >= 15 is 0 Å². The van der Waals surface area contributed by atoms with Gasteiger partial charge in [-0.3, -0.25) is 4.79 Å². The van der Waals surface area contributed by atoms with Gasteiger partial charge in [0.1, 0.15) is 12.1 Å². The molecule has 0 spiro atoms. The molecule has 1 heterocycles. The smallest absolute Gasteiger partial charge is 0.332 e. The molecule has 6 N–H and O–H groups in total. The van der Waals surface area contributed by atoms with E-state index in [0.29, 0.717) is 0 Å². The molecule has 2 radical (unpaired) electrons. The molecule has 0 fully saturated rings. The second-order valence-corrected chi connectivity index (χ2v) is 3.24. The monoisotopic (exact) mass is 355 g/mol. The van der Waals surface area contributed by atoms with Crippen LogP contribution in [0.15, 0.2) is 12.5 Å². The van der Waals surface area contributed by atoms with E-state index in [1.54, 1.807) is 6.20 Å². The summed E-state index contributed by atoms with van der Waals surface area (Å²) in [5.41, 5.74) is 6.00. The van der Waals surface area contributed by atoms with Crippen LogP contribution in [-0.4, -0.2) is 49.4 Å². The summed E-state index contributed by atoms with van der Waals surface area (Å²) < 4.78 is 0. The predicted octanol–water partition coefficient (Wildman–Crippen LogP) is -1.19. The third-order valence-electron chi connectivity index (χ3n) is 1.67. The molecule has 0 bridgehead atoms. The molecule has 1 aromatic heterocycles. The molecule has 19 heavy (non-hydrogen) atoms. The number of carboxylic acid groups (broad SMARTS) is 2. The Balaban J connectivity index is -0.000000282. The number of aromatic nitrogens is 2. The average Bonchev–Trinajstić information content (AvgIpc) is 2.71. The fourth-order valence-electron chi connectivity index (χ4n) is 0.721. The third kappa shape index (κ3) is 11.9. The predicted molar refractivity (Wildman–Crippen MR) is 57.2 cm³/mol. The number of carboxylic acids is 2. The van der Waals surface area contributed by atoms with E-state index in [-0.39, 0.29) is 40.6 Å². The molecule has 0 aromatic carbocycles. The number of aliphatic hydroxyl groups excluding tert-OH is 1. The van der Waals surface area contributed by atoms with Crippen LogP contribution in [0.3, 0.4) is 0 Å². The Hall–Kier alpha value is -0.891. The molecule has 1 aromatic rings. The molecule has 10 heteroatoms. The van der Waals surface area contributed by atoms with Crippen LogP contribution in [0.1, 0.15) is 12.6 Å². The minimum Gasteiger partial charge on any atom is -0.480 e. The number of aliphatic carboxylic acids is 2. The second kappa shape index (κ2) is 12.2. The molecule has 1 rings (SSSR count). The van der Waals surface area contributed by atoms with Crippen molar-refractivity contribution < 1.29 is 59.0 Å². The van der Waals surface area contributed by atoms with Crippen molar-refractivity contribution in [1.29, 1.82) is 0 Å². The molecular formula is C9H15Mn2N3O5. The molecule has 8 nitrogen and oxygen atoms in total. The normalized spacial score (nSPS) is 11.7. The van der Waals surface area contributed by atoms with Crippen molar-refractivity contribution in [2.24, 2.45) is 5.73 Å². The number of hydrogen-bond donors (Lipinski definition) is 5. The van der Waals surface area contributed by atoms with Crippen LogP contribution in [-0.2, 0) is 50.1 Å². The second-order valence-electron chi connectivity index (χ2n) is 3.24. The molecule has 0 aliphatic carbocycles. The number of nitrogens with two attached hydrogens (primary N) is 1. The van der Waals surface area contributed by atoms with Crippen molar-refractivity contribution >= 4 is 11.9 Å². The van der Waals surface area contributed by atoms with E-state index in [9.17, 15) is 9.59 Å². The topological polar surface area (TPSA) is 150 Å². The van der Waals surface area contributed by atoms with Gasteiger partial charge in [-0.1, -0.05) is 0 Å². The SMILES string of the molecule is CC(O)C(=O)O.NC(Cc1cnc[nH]1)C(=O)O.[Mn].[Mn]. The van der Waals surface area contributed by atoms with E-state index in [4.69, 9.17) is 21.1 Å².